The summed E-state index contributed by atoms with van der Waals surface area (Å²) in [4.78, 5) is 26.9. The summed E-state index contributed by atoms with van der Waals surface area (Å²) in [5.41, 5.74) is 1.70. The summed E-state index contributed by atoms with van der Waals surface area (Å²) in [5, 5.41) is 12.2. The van der Waals surface area contributed by atoms with Gasteiger partial charge in [-0.1, -0.05) is 35.9 Å². The van der Waals surface area contributed by atoms with E-state index >= 15 is 0 Å². The van der Waals surface area contributed by atoms with Crippen LogP contribution in [-0.2, 0) is 22.6 Å². The summed E-state index contributed by atoms with van der Waals surface area (Å²) < 4.78 is 5.16. The van der Waals surface area contributed by atoms with Gasteiger partial charge in [0.15, 0.2) is 0 Å². The molecule has 28 heavy (non-hydrogen) atoms. The van der Waals surface area contributed by atoms with E-state index in [1.54, 1.807) is 38.3 Å². The molecule has 7 heteroatoms. The molecule has 0 aliphatic carbocycles. The Balaban J connectivity index is 2.18. The highest BCUT2D eigenvalue weighted by molar-refractivity contribution is 6.30. The Hall–Kier alpha value is -2.57. The van der Waals surface area contributed by atoms with Gasteiger partial charge in [-0.25, -0.2) is 0 Å². The Morgan fingerprint density at radius 3 is 2.29 bits per heavy atom. The maximum atomic E-state index is 13.0. The van der Waals surface area contributed by atoms with Gasteiger partial charge in [0.2, 0.25) is 11.8 Å². The van der Waals surface area contributed by atoms with Gasteiger partial charge in [0, 0.05) is 18.1 Å². The summed E-state index contributed by atoms with van der Waals surface area (Å²) in [6, 6.07) is 13.7. The third-order valence-corrected chi connectivity index (χ3v) is 4.61. The van der Waals surface area contributed by atoms with Crippen LogP contribution in [0.15, 0.2) is 48.5 Å². The number of hydrogen-bond donors (Lipinski definition) is 2. The highest BCUT2D eigenvalue weighted by atomic mass is 35.5. The molecule has 0 saturated carbocycles. The van der Waals surface area contributed by atoms with Crippen LogP contribution < -0.4 is 10.1 Å². The fourth-order valence-electron chi connectivity index (χ4n) is 2.72. The van der Waals surface area contributed by atoms with Crippen LogP contribution in [0.1, 0.15) is 18.1 Å². The molecule has 0 aromatic heterocycles. The topological polar surface area (TPSA) is 78.9 Å². The lowest BCUT2D eigenvalue weighted by atomic mass is 10.1. The molecule has 0 saturated heterocycles. The van der Waals surface area contributed by atoms with Crippen LogP contribution in [0.3, 0.4) is 0 Å². The molecule has 2 aromatic rings. The van der Waals surface area contributed by atoms with Gasteiger partial charge in [0.1, 0.15) is 11.8 Å². The van der Waals surface area contributed by atoms with Crippen molar-refractivity contribution >= 4 is 23.4 Å². The SMILES string of the molecule is COc1ccc(CN(C(=O)Cc2ccc(Cl)cc2)[C@H](C)C(=O)NCCO)cc1. The fraction of sp³-hybridized carbons (Fsp3) is 0.333. The number of amides is 2. The van der Waals surface area contributed by atoms with Gasteiger partial charge in [-0.3, -0.25) is 9.59 Å². The van der Waals surface area contributed by atoms with Gasteiger partial charge in [-0.05, 0) is 42.3 Å². The molecular formula is C21H25ClN2O4. The average molecular weight is 405 g/mol. The number of aliphatic hydroxyl groups is 1. The molecule has 0 radical (unpaired) electrons. The molecule has 2 aromatic carbocycles. The average Bonchev–Trinajstić information content (AvgIpc) is 2.71. The minimum atomic E-state index is -0.687. The lowest BCUT2D eigenvalue weighted by molar-refractivity contribution is -0.140. The van der Waals surface area contributed by atoms with E-state index in [0.29, 0.717) is 5.02 Å². The van der Waals surface area contributed by atoms with E-state index in [4.69, 9.17) is 21.4 Å². The number of methoxy groups -OCH3 is 1. The molecule has 2 N–H and O–H groups in total. The third-order valence-electron chi connectivity index (χ3n) is 4.36. The Morgan fingerprint density at radius 2 is 1.71 bits per heavy atom. The quantitative estimate of drug-likeness (QED) is 0.672. The van der Waals surface area contributed by atoms with Crippen molar-refractivity contribution in [3.63, 3.8) is 0 Å². The minimum Gasteiger partial charge on any atom is -0.497 e. The number of halogens is 1. The molecule has 0 aliphatic rings. The molecule has 0 spiro atoms. The van der Waals surface area contributed by atoms with Gasteiger partial charge < -0.3 is 20.1 Å². The standard InChI is InChI=1S/C21H25ClN2O4/c1-15(21(27)23-11-12-25)24(14-17-5-9-19(28-2)10-6-17)20(26)13-16-3-7-18(22)8-4-16/h3-10,15,25H,11-14H2,1-2H3,(H,23,27)/t15-/m1/s1. The molecule has 0 aliphatic heterocycles. The lowest BCUT2D eigenvalue weighted by Crippen LogP contribution is -2.48. The molecule has 2 amide bonds. The maximum Gasteiger partial charge on any atom is 0.242 e. The van der Waals surface area contributed by atoms with Crippen LogP contribution in [0.5, 0.6) is 5.75 Å². The Bertz CT molecular complexity index is 778. The maximum absolute atomic E-state index is 13.0. The highest BCUT2D eigenvalue weighted by Crippen LogP contribution is 2.17. The van der Waals surface area contributed by atoms with E-state index in [-0.39, 0.29) is 37.9 Å². The van der Waals surface area contributed by atoms with E-state index in [9.17, 15) is 9.59 Å². The summed E-state index contributed by atoms with van der Waals surface area (Å²) in [6.07, 6.45) is 0.158. The van der Waals surface area contributed by atoms with Crippen molar-refractivity contribution in [2.24, 2.45) is 0 Å². The smallest absolute Gasteiger partial charge is 0.242 e. The minimum absolute atomic E-state index is 0.144. The molecule has 150 valence electrons. The number of aliphatic hydroxyl groups excluding tert-OH is 1. The van der Waals surface area contributed by atoms with E-state index in [0.717, 1.165) is 16.9 Å². The second kappa shape index (κ2) is 10.7. The van der Waals surface area contributed by atoms with Crippen LogP contribution in [0.4, 0.5) is 0 Å². The first-order valence-corrected chi connectivity index (χ1v) is 9.37. The number of nitrogens with one attached hydrogen (secondary N) is 1. The van der Waals surface area contributed by atoms with Crippen molar-refractivity contribution in [3.8, 4) is 5.75 Å². The fourth-order valence-corrected chi connectivity index (χ4v) is 2.84. The summed E-state index contributed by atoms with van der Waals surface area (Å²) in [7, 11) is 1.59. The van der Waals surface area contributed by atoms with Crippen molar-refractivity contribution < 1.29 is 19.4 Å². The van der Waals surface area contributed by atoms with Crippen molar-refractivity contribution in [1.82, 2.24) is 10.2 Å². The Labute approximate surface area is 170 Å². The highest BCUT2D eigenvalue weighted by Gasteiger charge is 2.26. The molecule has 1 atom stereocenters. The van der Waals surface area contributed by atoms with E-state index in [1.807, 2.05) is 24.3 Å². The number of benzene rings is 2. The second-order valence-electron chi connectivity index (χ2n) is 6.36. The van der Waals surface area contributed by atoms with Crippen molar-refractivity contribution in [1.29, 1.82) is 0 Å². The van der Waals surface area contributed by atoms with Crippen LogP contribution in [0, 0.1) is 0 Å². The summed E-state index contributed by atoms with van der Waals surface area (Å²) >= 11 is 5.90. The predicted molar refractivity (Wildman–Crippen MR) is 108 cm³/mol. The number of hydrogen-bond acceptors (Lipinski definition) is 4. The first-order chi connectivity index (χ1) is 13.4. The van der Waals surface area contributed by atoms with Gasteiger partial charge >= 0.3 is 0 Å². The van der Waals surface area contributed by atoms with Gasteiger partial charge in [-0.2, -0.15) is 0 Å². The summed E-state index contributed by atoms with van der Waals surface area (Å²) in [6.45, 7) is 1.95. The second-order valence-corrected chi connectivity index (χ2v) is 6.80. The Morgan fingerprint density at radius 1 is 1.11 bits per heavy atom. The van der Waals surface area contributed by atoms with E-state index in [1.165, 1.54) is 4.90 Å². The Kier molecular flexibility index (Phi) is 8.29. The molecule has 0 fully saturated rings. The largest absolute Gasteiger partial charge is 0.497 e. The molecular weight excluding hydrogens is 380 g/mol. The lowest BCUT2D eigenvalue weighted by Gasteiger charge is -2.29. The summed E-state index contributed by atoms with van der Waals surface area (Å²) in [5.74, 6) is 0.230. The number of nitrogens with zero attached hydrogens (tertiary/aromatic N) is 1. The van der Waals surface area contributed by atoms with E-state index in [2.05, 4.69) is 5.32 Å². The van der Waals surface area contributed by atoms with Crippen LogP contribution in [-0.4, -0.2) is 48.1 Å². The van der Waals surface area contributed by atoms with Crippen LogP contribution in [0.2, 0.25) is 5.02 Å². The molecule has 0 heterocycles. The molecule has 6 nitrogen and oxygen atoms in total. The zero-order chi connectivity index (χ0) is 20.5. The monoisotopic (exact) mass is 404 g/mol. The molecule has 0 bridgehead atoms. The first-order valence-electron chi connectivity index (χ1n) is 9.00. The van der Waals surface area contributed by atoms with E-state index < -0.39 is 6.04 Å². The number of rotatable bonds is 9. The molecule has 2 rings (SSSR count). The van der Waals surface area contributed by atoms with Gasteiger partial charge in [0.05, 0.1) is 20.1 Å². The van der Waals surface area contributed by atoms with Crippen molar-refractivity contribution in [2.75, 3.05) is 20.3 Å². The van der Waals surface area contributed by atoms with Crippen LogP contribution >= 0.6 is 11.6 Å². The number of carbonyl (C=O) groups excluding carboxylic acids is 2. The normalized spacial score (nSPS) is 11.6. The zero-order valence-corrected chi connectivity index (χ0v) is 16.8. The molecule has 0 unspecified atom stereocenters. The number of carbonyl (C=O) groups is 2. The zero-order valence-electron chi connectivity index (χ0n) is 16.0. The first kappa shape index (κ1) is 21.7. The predicted octanol–water partition coefficient (Wildman–Crippen LogP) is 2.42. The van der Waals surface area contributed by atoms with Crippen molar-refractivity contribution in [2.45, 2.75) is 25.9 Å². The third kappa shape index (κ3) is 6.25. The van der Waals surface area contributed by atoms with Crippen molar-refractivity contribution in [3.05, 3.63) is 64.7 Å². The van der Waals surface area contributed by atoms with Gasteiger partial charge in [-0.15, -0.1) is 0 Å². The van der Waals surface area contributed by atoms with Gasteiger partial charge in [0.25, 0.3) is 0 Å². The number of ether oxygens (including phenoxy) is 1. The van der Waals surface area contributed by atoms with Crippen LogP contribution in [0.25, 0.3) is 0 Å².